The predicted octanol–water partition coefficient (Wildman–Crippen LogP) is -1.56. The Morgan fingerprint density at radius 1 is 1.44 bits per heavy atom. The number of nitrogens with one attached hydrogen (secondary N) is 1. The van der Waals surface area contributed by atoms with E-state index >= 15 is 0 Å². The molecule has 1 aliphatic rings. The van der Waals surface area contributed by atoms with Gasteiger partial charge in [-0.05, 0) is 6.92 Å². The van der Waals surface area contributed by atoms with Crippen LogP contribution < -0.4 is 0 Å². The Morgan fingerprint density at radius 3 is 2.44 bits per heavy atom. The molecule has 3 N–H and O–H groups in total. The first-order valence-corrected chi connectivity index (χ1v) is 6.23. The van der Waals surface area contributed by atoms with Crippen molar-refractivity contribution in [3.63, 3.8) is 0 Å². The van der Waals surface area contributed by atoms with E-state index in [-0.39, 0.29) is 18.1 Å². The van der Waals surface area contributed by atoms with Crippen molar-refractivity contribution in [2.45, 2.75) is 24.2 Å². The third-order valence-electron chi connectivity index (χ3n) is 2.52. The molecule has 0 saturated carbocycles. The van der Waals surface area contributed by atoms with Gasteiger partial charge in [-0.2, -0.15) is 4.31 Å². The summed E-state index contributed by atoms with van der Waals surface area (Å²) in [5, 5.41) is 18.6. The summed E-state index contributed by atoms with van der Waals surface area (Å²) in [6.45, 7) is 1.45. The molecule has 2 rings (SSSR count). The van der Waals surface area contributed by atoms with E-state index in [4.69, 9.17) is 0 Å². The van der Waals surface area contributed by atoms with Crippen molar-refractivity contribution in [3.05, 3.63) is 12.0 Å². The first-order chi connectivity index (χ1) is 7.41. The van der Waals surface area contributed by atoms with E-state index in [1.165, 1.54) is 6.20 Å². The zero-order valence-electron chi connectivity index (χ0n) is 8.66. The van der Waals surface area contributed by atoms with E-state index in [1.807, 2.05) is 0 Å². The largest absolute Gasteiger partial charge is 0.389 e. The molecule has 1 aliphatic heterocycles. The second-order valence-electron chi connectivity index (χ2n) is 3.79. The van der Waals surface area contributed by atoms with Crippen LogP contribution in [0.4, 0.5) is 0 Å². The highest BCUT2D eigenvalue weighted by Crippen LogP contribution is 2.19. The number of aliphatic hydroxyl groups excluding tert-OH is 2. The standard InChI is InChI=1S/C8H13N3O4S/c1-5-9-2-8(10-5)16(14,15)11-3-6(12)7(13)4-11/h2,6-7,12-13H,3-4H2,1H3,(H,9,10). The Hall–Kier alpha value is -0.960. The van der Waals surface area contributed by atoms with Crippen LogP contribution in [0.5, 0.6) is 0 Å². The Labute approximate surface area is 92.8 Å². The molecule has 0 aromatic carbocycles. The van der Waals surface area contributed by atoms with E-state index in [0.29, 0.717) is 5.82 Å². The molecule has 2 atom stereocenters. The third kappa shape index (κ3) is 1.84. The van der Waals surface area contributed by atoms with Gasteiger partial charge in [-0.15, -0.1) is 0 Å². The molecule has 7 nitrogen and oxygen atoms in total. The van der Waals surface area contributed by atoms with Crippen LogP contribution in [0, 0.1) is 6.92 Å². The number of nitrogens with zero attached hydrogens (tertiary/aromatic N) is 2. The summed E-state index contributed by atoms with van der Waals surface area (Å²) >= 11 is 0. The number of β-amino-alcohol motifs (C(OH)–C–C–N with tert-alkyl or cyclic N) is 2. The lowest BCUT2D eigenvalue weighted by atomic mass is 10.3. The molecule has 1 aromatic heterocycles. The molecule has 0 radical (unpaired) electrons. The number of aryl methyl sites for hydroxylation is 1. The SMILES string of the molecule is Cc1ncc(S(=O)(=O)N2CC(O)C(O)C2)[nH]1. The highest BCUT2D eigenvalue weighted by molar-refractivity contribution is 7.89. The van der Waals surface area contributed by atoms with Crippen molar-refractivity contribution >= 4 is 10.0 Å². The van der Waals surface area contributed by atoms with Crippen molar-refractivity contribution in [1.82, 2.24) is 14.3 Å². The fraction of sp³-hybridized carbons (Fsp3) is 0.625. The van der Waals surface area contributed by atoms with Crippen molar-refractivity contribution in [1.29, 1.82) is 0 Å². The van der Waals surface area contributed by atoms with Crippen LogP contribution in [-0.4, -0.2) is 58.2 Å². The number of imidazole rings is 1. The van der Waals surface area contributed by atoms with Gasteiger partial charge in [-0.1, -0.05) is 0 Å². The summed E-state index contributed by atoms with van der Waals surface area (Å²) in [6, 6.07) is 0. The molecule has 0 spiro atoms. The Morgan fingerprint density at radius 2 is 2.00 bits per heavy atom. The maximum absolute atomic E-state index is 12.0. The first kappa shape index (κ1) is 11.5. The normalized spacial score (nSPS) is 27.4. The average Bonchev–Trinajstić information content (AvgIpc) is 2.75. The van der Waals surface area contributed by atoms with Crippen molar-refractivity contribution < 1.29 is 18.6 Å². The molecular formula is C8H13N3O4S. The van der Waals surface area contributed by atoms with E-state index in [0.717, 1.165) is 4.31 Å². The number of sulfonamides is 1. The van der Waals surface area contributed by atoms with Crippen molar-refractivity contribution in [2.75, 3.05) is 13.1 Å². The minimum Gasteiger partial charge on any atom is -0.389 e. The molecule has 8 heteroatoms. The van der Waals surface area contributed by atoms with Gasteiger partial charge in [-0.25, -0.2) is 13.4 Å². The Kier molecular flexibility index (Phi) is 2.74. The maximum Gasteiger partial charge on any atom is 0.260 e. The lowest BCUT2D eigenvalue weighted by Gasteiger charge is -2.13. The van der Waals surface area contributed by atoms with E-state index in [2.05, 4.69) is 9.97 Å². The first-order valence-electron chi connectivity index (χ1n) is 4.79. The molecule has 1 aromatic rings. The van der Waals surface area contributed by atoms with E-state index in [1.54, 1.807) is 6.92 Å². The molecule has 2 heterocycles. The summed E-state index contributed by atoms with van der Waals surface area (Å²) in [5.41, 5.74) is 0. The topological polar surface area (TPSA) is 107 Å². The fourth-order valence-electron chi connectivity index (χ4n) is 1.60. The molecule has 0 bridgehead atoms. The monoisotopic (exact) mass is 247 g/mol. The molecule has 1 saturated heterocycles. The number of H-pyrrole nitrogens is 1. The zero-order valence-corrected chi connectivity index (χ0v) is 9.48. The Balaban J connectivity index is 2.27. The number of aromatic amines is 1. The summed E-state index contributed by atoms with van der Waals surface area (Å²) in [7, 11) is -3.69. The van der Waals surface area contributed by atoms with Gasteiger partial charge in [0.1, 0.15) is 5.82 Å². The minimum absolute atomic E-state index is 0.0219. The van der Waals surface area contributed by atoms with Crippen LogP contribution in [-0.2, 0) is 10.0 Å². The molecular weight excluding hydrogens is 234 g/mol. The predicted molar refractivity (Wildman–Crippen MR) is 54.1 cm³/mol. The summed E-state index contributed by atoms with van der Waals surface area (Å²) in [5.74, 6) is 0.499. The van der Waals surface area contributed by atoms with Crippen LogP contribution in [0.15, 0.2) is 11.2 Å². The van der Waals surface area contributed by atoms with Crippen molar-refractivity contribution in [3.8, 4) is 0 Å². The lowest BCUT2D eigenvalue weighted by molar-refractivity contribution is 0.0572. The van der Waals surface area contributed by atoms with Gasteiger partial charge in [0.2, 0.25) is 0 Å². The number of aliphatic hydroxyl groups is 2. The van der Waals surface area contributed by atoms with Gasteiger partial charge in [0.15, 0.2) is 5.03 Å². The second kappa shape index (κ2) is 3.81. The molecule has 2 unspecified atom stereocenters. The second-order valence-corrected chi connectivity index (χ2v) is 5.70. The average molecular weight is 247 g/mol. The summed E-state index contributed by atoms with van der Waals surface area (Å²) in [6.07, 6.45) is -0.834. The van der Waals surface area contributed by atoms with Crippen molar-refractivity contribution in [2.24, 2.45) is 0 Å². The van der Waals surface area contributed by atoms with Crippen LogP contribution in [0.3, 0.4) is 0 Å². The van der Waals surface area contributed by atoms with Gasteiger partial charge >= 0.3 is 0 Å². The molecule has 1 fully saturated rings. The molecule has 16 heavy (non-hydrogen) atoms. The number of aromatic nitrogens is 2. The van der Waals surface area contributed by atoms with Gasteiger partial charge in [0, 0.05) is 13.1 Å². The Bertz CT molecular complexity index is 473. The summed E-state index contributed by atoms with van der Waals surface area (Å²) in [4.78, 5) is 6.42. The third-order valence-corrected chi connectivity index (χ3v) is 4.26. The molecule has 90 valence electrons. The van der Waals surface area contributed by atoms with E-state index in [9.17, 15) is 18.6 Å². The number of rotatable bonds is 2. The van der Waals surface area contributed by atoms with Crippen LogP contribution in [0.25, 0.3) is 0 Å². The number of hydrogen-bond acceptors (Lipinski definition) is 5. The zero-order chi connectivity index (χ0) is 11.9. The van der Waals surface area contributed by atoms with Crippen LogP contribution in [0.1, 0.15) is 5.82 Å². The smallest absolute Gasteiger partial charge is 0.260 e. The van der Waals surface area contributed by atoms with E-state index < -0.39 is 22.2 Å². The van der Waals surface area contributed by atoms with Gasteiger partial charge < -0.3 is 15.2 Å². The fourth-order valence-corrected chi connectivity index (χ4v) is 3.04. The quantitative estimate of drug-likeness (QED) is 0.586. The molecule has 0 aliphatic carbocycles. The lowest BCUT2D eigenvalue weighted by Crippen LogP contribution is -2.30. The van der Waals surface area contributed by atoms with Crippen LogP contribution in [0.2, 0.25) is 0 Å². The van der Waals surface area contributed by atoms with Crippen LogP contribution >= 0.6 is 0 Å². The van der Waals surface area contributed by atoms with Gasteiger partial charge in [0.05, 0.1) is 18.4 Å². The highest BCUT2D eigenvalue weighted by Gasteiger charge is 2.38. The number of hydrogen-bond donors (Lipinski definition) is 3. The highest BCUT2D eigenvalue weighted by atomic mass is 32.2. The van der Waals surface area contributed by atoms with Gasteiger partial charge in [0.25, 0.3) is 10.0 Å². The minimum atomic E-state index is -3.69. The summed E-state index contributed by atoms with van der Waals surface area (Å²) < 4.78 is 25.0. The molecule has 0 amide bonds. The van der Waals surface area contributed by atoms with Gasteiger partial charge in [-0.3, -0.25) is 0 Å². The maximum atomic E-state index is 12.0.